The lowest BCUT2D eigenvalue weighted by Crippen LogP contribution is -2.52. The lowest BCUT2D eigenvalue weighted by Gasteiger charge is -2.29. The van der Waals surface area contributed by atoms with Crippen LogP contribution in [-0.4, -0.2) is 53.2 Å². The first-order valence-electron chi connectivity index (χ1n) is 10.0. The van der Waals surface area contributed by atoms with Gasteiger partial charge < -0.3 is 10.6 Å². The maximum Gasteiger partial charge on any atom is 0.255 e. The highest BCUT2D eigenvalue weighted by Crippen LogP contribution is 2.36. The van der Waals surface area contributed by atoms with E-state index in [0.717, 1.165) is 29.8 Å². The minimum atomic E-state index is -0.571. The molecule has 1 aromatic carbocycles. The number of benzene rings is 1. The molecule has 0 spiro atoms. The molecular weight excluding hydrogens is 356 g/mol. The third kappa shape index (κ3) is 3.12. The number of rotatable bonds is 4. The van der Waals surface area contributed by atoms with Crippen molar-refractivity contribution in [1.29, 1.82) is 0 Å². The molecule has 3 atom stereocenters. The van der Waals surface area contributed by atoms with Gasteiger partial charge in [-0.25, -0.2) is 0 Å². The van der Waals surface area contributed by atoms with E-state index in [1.165, 1.54) is 0 Å². The Bertz CT molecular complexity index is 839. The molecule has 28 heavy (non-hydrogen) atoms. The Morgan fingerprint density at radius 1 is 1.29 bits per heavy atom. The number of fused-ring (bicyclic) bond motifs is 1. The Morgan fingerprint density at radius 3 is 2.75 bits per heavy atom. The largest absolute Gasteiger partial charge is 0.330 e. The van der Waals surface area contributed by atoms with Gasteiger partial charge in [0.15, 0.2) is 0 Å². The number of nitrogens with zero attached hydrogens (tertiary/aromatic N) is 2. The number of imide groups is 1. The number of carbonyl (C=O) groups excluding carboxylic acids is 3. The lowest BCUT2D eigenvalue weighted by atomic mass is 9.81. The highest BCUT2D eigenvalue weighted by Gasteiger charge is 2.42. The van der Waals surface area contributed by atoms with Crippen molar-refractivity contribution in [3.63, 3.8) is 0 Å². The van der Waals surface area contributed by atoms with Crippen LogP contribution in [0.25, 0.3) is 0 Å². The van der Waals surface area contributed by atoms with Crippen LogP contribution in [0.1, 0.15) is 48.2 Å². The minimum absolute atomic E-state index is 0.0979. The molecule has 7 heteroatoms. The first-order chi connectivity index (χ1) is 13.3. The molecule has 3 amide bonds. The maximum atomic E-state index is 13.2. The summed E-state index contributed by atoms with van der Waals surface area (Å²) >= 11 is 0. The van der Waals surface area contributed by atoms with Gasteiger partial charge in [0.05, 0.1) is 0 Å². The summed E-state index contributed by atoms with van der Waals surface area (Å²) in [4.78, 5) is 40.9. The van der Waals surface area contributed by atoms with Gasteiger partial charge in [-0.15, -0.1) is 0 Å². The second-order valence-electron chi connectivity index (χ2n) is 8.78. The Balaban J connectivity index is 1.54. The van der Waals surface area contributed by atoms with Crippen LogP contribution in [0.3, 0.4) is 0 Å². The molecule has 3 aliphatic rings. The van der Waals surface area contributed by atoms with Gasteiger partial charge in [-0.1, -0.05) is 32.0 Å². The van der Waals surface area contributed by atoms with Crippen molar-refractivity contribution in [3.05, 3.63) is 34.9 Å². The fourth-order valence-corrected chi connectivity index (χ4v) is 4.79. The van der Waals surface area contributed by atoms with Gasteiger partial charge in [0.1, 0.15) is 6.04 Å². The van der Waals surface area contributed by atoms with Gasteiger partial charge in [-0.05, 0) is 35.4 Å². The van der Waals surface area contributed by atoms with Gasteiger partial charge in [0.2, 0.25) is 11.8 Å². The van der Waals surface area contributed by atoms with Crippen LogP contribution < -0.4 is 11.1 Å². The summed E-state index contributed by atoms with van der Waals surface area (Å²) in [5.41, 5.74) is 8.79. The Kier molecular flexibility index (Phi) is 4.75. The van der Waals surface area contributed by atoms with Crippen LogP contribution in [0.4, 0.5) is 0 Å². The van der Waals surface area contributed by atoms with Crippen molar-refractivity contribution in [2.75, 3.05) is 19.6 Å². The number of amides is 3. The monoisotopic (exact) mass is 384 g/mol. The zero-order valence-corrected chi connectivity index (χ0v) is 16.5. The van der Waals surface area contributed by atoms with Crippen LogP contribution in [0.5, 0.6) is 0 Å². The Hall–Kier alpha value is -2.25. The maximum absolute atomic E-state index is 13.2. The molecule has 0 radical (unpaired) electrons. The van der Waals surface area contributed by atoms with Gasteiger partial charge in [0, 0.05) is 38.2 Å². The fraction of sp³-hybridized carbons (Fsp3) is 0.571. The van der Waals surface area contributed by atoms with Crippen LogP contribution in [0.2, 0.25) is 0 Å². The van der Waals surface area contributed by atoms with Crippen molar-refractivity contribution in [2.24, 2.45) is 17.1 Å². The number of hydrogen-bond acceptors (Lipinski definition) is 5. The van der Waals surface area contributed by atoms with E-state index in [-0.39, 0.29) is 29.6 Å². The molecule has 3 heterocycles. The second kappa shape index (κ2) is 6.97. The molecule has 2 fully saturated rings. The molecule has 0 saturated carbocycles. The molecule has 0 aliphatic carbocycles. The average molecular weight is 384 g/mol. The number of carbonyl (C=O) groups is 3. The zero-order valence-electron chi connectivity index (χ0n) is 16.5. The summed E-state index contributed by atoms with van der Waals surface area (Å²) in [6.07, 6.45) is 0.658. The van der Waals surface area contributed by atoms with Crippen molar-refractivity contribution >= 4 is 17.7 Å². The highest BCUT2D eigenvalue weighted by molar-refractivity contribution is 6.05. The van der Waals surface area contributed by atoms with E-state index in [4.69, 9.17) is 5.73 Å². The third-order valence-electron chi connectivity index (χ3n) is 6.81. The van der Waals surface area contributed by atoms with Crippen molar-refractivity contribution in [3.8, 4) is 0 Å². The van der Waals surface area contributed by atoms with E-state index in [2.05, 4.69) is 24.1 Å². The SMILES string of the molecule is C[C@@H]1CN(Cc2cccc3c2C(=O)N(C2CCC(=O)NC2=O)C3)C[C@@]1(C)CN. The standard InChI is InChI=1S/C21H28N4O3/c1-13-8-24(12-21(13,2)11-22)9-14-4-3-5-15-10-25(20(28)18(14)15)16-6-7-17(26)23-19(16)27/h3-5,13,16H,6-12,22H2,1-2H3,(H,23,26,27)/t13-,16?,21-/m1/s1. The quantitative estimate of drug-likeness (QED) is 0.751. The summed E-state index contributed by atoms with van der Waals surface area (Å²) < 4.78 is 0. The second-order valence-corrected chi connectivity index (χ2v) is 8.78. The summed E-state index contributed by atoms with van der Waals surface area (Å²) in [5.74, 6) is -0.234. The van der Waals surface area contributed by atoms with Gasteiger partial charge in [-0.3, -0.25) is 24.6 Å². The summed E-state index contributed by atoms with van der Waals surface area (Å²) in [7, 11) is 0. The fourth-order valence-electron chi connectivity index (χ4n) is 4.79. The van der Waals surface area contributed by atoms with E-state index in [9.17, 15) is 14.4 Å². The summed E-state index contributed by atoms with van der Waals surface area (Å²) in [6, 6.07) is 5.38. The first kappa shape index (κ1) is 19.1. The molecular formula is C21H28N4O3. The number of likely N-dealkylation sites (tertiary alicyclic amines) is 1. The Labute approximate surface area is 165 Å². The summed E-state index contributed by atoms with van der Waals surface area (Å²) in [5, 5.41) is 2.36. The minimum Gasteiger partial charge on any atom is -0.330 e. The molecule has 7 nitrogen and oxygen atoms in total. The van der Waals surface area contributed by atoms with E-state index in [1.54, 1.807) is 4.90 Å². The molecule has 3 N–H and O–H groups in total. The van der Waals surface area contributed by atoms with Gasteiger partial charge in [0.25, 0.3) is 5.91 Å². The van der Waals surface area contributed by atoms with E-state index >= 15 is 0 Å². The number of nitrogens with one attached hydrogen (secondary N) is 1. The van der Waals surface area contributed by atoms with Crippen LogP contribution in [0, 0.1) is 11.3 Å². The number of nitrogens with two attached hydrogens (primary N) is 1. The average Bonchev–Trinajstić information content (AvgIpc) is 3.13. The highest BCUT2D eigenvalue weighted by atomic mass is 16.2. The van der Waals surface area contributed by atoms with Gasteiger partial charge >= 0.3 is 0 Å². The molecule has 3 aliphatic heterocycles. The van der Waals surface area contributed by atoms with Crippen LogP contribution in [0.15, 0.2) is 18.2 Å². The normalized spacial score (nSPS) is 30.7. The third-order valence-corrected chi connectivity index (χ3v) is 6.81. The van der Waals surface area contributed by atoms with Crippen molar-refractivity contribution in [1.82, 2.24) is 15.1 Å². The van der Waals surface area contributed by atoms with E-state index in [1.807, 2.05) is 18.2 Å². The zero-order chi connectivity index (χ0) is 20.1. The Morgan fingerprint density at radius 2 is 2.07 bits per heavy atom. The lowest BCUT2D eigenvalue weighted by molar-refractivity contribution is -0.136. The van der Waals surface area contributed by atoms with Gasteiger partial charge in [-0.2, -0.15) is 0 Å². The molecule has 1 aromatic rings. The van der Waals surface area contributed by atoms with Crippen LogP contribution >= 0.6 is 0 Å². The smallest absolute Gasteiger partial charge is 0.255 e. The predicted octanol–water partition coefficient (Wildman–Crippen LogP) is 0.864. The first-order valence-corrected chi connectivity index (χ1v) is 10.0. The molecule has 0 bridgehead atoms. The molecule has 4 rings (SSSR count). The van der Waals surface area contributed by atoms with Crippen molar-refractivity contribution < 1.29 is 14.4 Å². The number of hydrogen-bond donors (Lipinski definition) is 2. The van der Waals surface area contributed by atoms with E-state index in [0.29, 0.717) is 32.0 Å². The molecule has 150 valence electrons. The van der Waals surface area contributed by atoms with Crippen molar-refractivity contribution in [2.45, 2.75) is 45.8 Å². The predicted molar refractivity (Wildman–Crippen MR) is 104 cm³/mol. The molecule has 0 aromatic heterocycles. The number of piperidine rings is 1. The molecule has 1 unspecified atom stereocenters. The summed E-state index contributed by atoms with van der Waals surface area (Å²) in [6.45, 7) is 8.12. The topological polar surface area (TPSA) is 95.7 Å². The molecule has 2 saturated heterocycles. The van der Waals surface area contributed by atoms with E-state index < -0.39 is 6.04 Å². The van der Waals surface area contributed by atoms with Crippen LogP contribution in [-0.2, 0) is 22.7 Å².